The molecule has 0 bridgehead atoms. The molecule has 0 atom stereocenters. The molecule has 0 unspecified atom stereocenters. The van der Waals surface area contributed by atoms with Crippen LogP contribution in [0.25, 0.3) is 0 Å². The molecule has 0 aliphatic carbocycles. The van der Waals surface area contributed by atoms with Crippen molar-refractivity contribution >= 4 is 11.8 Å². The first kappa shape index (κ1) is 17.8. The number of benzene rings is 1. The van der Waals surface area contributed by atoms with Gasteiger partial charge in [0, 0.05) is 38.6 Å². The van der Waals surface area contributed by atoms with Crippen molar-refractivity contribution in [3.8, 4) is 5.75 Å². The predicted molar refractivity (Wildman–Crippen MR) is 95.8 cm³/mol. The lowest BCUT2D eigenvalue weighted by atomic mass is 10.1. The van der Waals surface area contributed by atoms with Gasteiger partial charge in [-0.25, -0.2) is 4.98 Å². The van der Waals surface area contributed by atoms with Crippen molar-refractivity contribution in [3.63, 3.8) is 0 Å². The lowest BCUT2D eigenvalue weighted by molar-refractivity contribution is -0.131. The molecule has 2 aromatic rings. The molecule has 1 aromatic heterocycles. The SMILES string of the molecule is CCOc1ccc(CC(=O)N2CCN(C(=O)c3cnccn3)CC2)cc1. The average Bonchev–Trinajstić information content (AvgIpc) is 2.70. The Morgan fingerprint density at radius 3 is 2.35 bits per heavy atom. The van der Waals surface area contributed by atoms with Crippen LogP contribution in [-0.4, -0.2) is 64.4 Å². The Bertz CT molecular complexity index is 741. The first-order chi connectivity index (χ1) is 12.7. The molecule has 1 aromatic carbocycles. The van der Waals surface area contributed by atoms with Crippen LogP contribution >= 0.6 is 0 Å². The Kier molecular flexibility index (Phi) is 5.78. The lowest BCUT2D eigenvalue weighted by Crippen LogP contribution is -2.51. The molecule has 2 heterocycles. The van der Waals surface area contributed by atoms with Crippen LogP contribution in [0, 0.1) is 0 Å². The number of nitrogens with zero attached hydrogens (tertiary/aromatic N) is 4. The van der Waals surface area contributed by atoms with E-state index in [4.69, 9.17) is 4.74 Å². The molecule has 0 saturated carbocycles. The molecule has 0 radical (unpaired) electrons. The van der Waals surface area contributed by atoms with Crippen molar-refractivity contribution in [2.75, 3.05) is 32.8 Å². The summed E-state index contributed by atoms with van der Waals surface area (Å²) in [5.74, 6) is 0.734. The maximum absolute atomic E-state index is 12.5. The average molecular weight is 354 g/mol. The minimum Gasteiger partial charge on any atom is -0.494 e. The summed E-state index contributed by atoms with van der Waals surface area (Å²) in [4.78, 5) is 36.3. The van der Waals surface area contributed by atoms with Gasteiger partial charge in [0.1, 0.15) is 11.4 Å². The number of hydrogen-bond donors (Lipinski definition) is 0. The van der Waals surface area contributed by atoms with E-state index in [2.05, 4.69) is 9.97 Å². The van der Waals surface area contributed by atoms with Gasteiger partial charge in [0.05, 0.1) is 19.2 Å². The standard InChI is InChI=1S/C19H22N4O3/c1-2-26-16-5-3-15(4-6-16)13-18(24)22-9-11-23(12-10-22)19(25)17-14-20-7-8-21-17/h3-8,14H,2,9-13H2,1H3. The minimum atomic E-state index is -0.142. The molecule has 136 valence electrons. The summed E-state index contributed by atoms with van der Waals surface area (Å²) in [5.41, 5.74) is 1.29. The van der Waals surface area contributed by atoms with Crippen LogP contribution in [-0.2, 0) is 11.2 Å². The second-order valence-corrected chi connectivity index (χ2v) is 6.02. The predicted octanol–water partition coefficient (Wildman–Crippen LogP) is 1.40. The molecule has 7 nitrogen and oxygen atoms in total. The van der Waals surface area contributed by atoms with Gasteiger partial charge in [-0.05, 0) is 24.6 Å². The summed E-state index contributed by atoms with van der Waals surface area (Å²) in [6, 6.07) is 7.58. The second-order valence-electron chi connectivity index (χ2n) is 6.02. The highest BCUT2D eigenvalue weighted by atomic mass is 16.5. The van der Waals surface area contributed by atoms with Crippen LogP contribution in [0.4, 0.5) is 0 Å². The van der Waals surface area contributed by atoms with E-state index in [0.717, 1.165) is 11.3 Å². The van der Waals surface area contributed by atoms with Crippen LogP contribution in [0.5, 0.6) is 5.75 Å². The van der Waals surface area contributed by atoms with Crippen molar-refractivity contribution in [1.29, 1.82) is 0 Å². The number of aromatic nitrogens is 2. The maximum Gasteiger partial charge on any atom is 0.274 e. The van der Waals surface area contributed by atoms with Crippen molar-refractivity contribution in [2.24, 2.45) is 0 Å². The highest BCUT2D eigenvalue weighted by Gasteiger charge is 2.25. The molecule has 3 rings (SSSR count). The zero-order chi connectivity index (χ0) is 18.4. The zero-order valence-electron chi connectivity index (χ0n) is 14.8. The summed E-state index contributed by atoms with van der Waals surface area (Å²) >= 11 is 0. The second kappa shape index (κ2) is 8.42. The molecule has 7 heteroatoms. The Labute approximate surface area is 152 Å². The third kappa shape index (κ3) is 4.36. The Hall–Kier alpha value is -2.96. The topological polar surface area (TPSA) is 75.6 Å². The number of hydrogen-bond acceptors (Lipinski definition) is 5. The summed E-state index contributed by atoms with van der Waals surface area (Å²) in [6.07, 6.45) is 4.86. The van der Waals surface area contributed by atoms with Crippen LogP contribution < -0.4 is 4.74 Å². The molecule has 1 saturated heterocycles. The van der Waals surface area contributed by atoms with E-state index in [1.54, 1.807) is 9.80 Å². The van der Waals surface area contributed by atoms with Crippen molar-refractivity contribution in [2.45, 2.75) is 13.3 Å². The van der Waals surface area contributed by atoms with E-state index in [-0.39, 0.29) is 11.8 Å². The number of amides is 2. The molecule has 26 heavy (non-hydrogen) atoms. The number of piperazine rings is 1. The molecular formula is C19H22N4O3. The van der Waals surface area contributed by atoms with E-state index in [9.17, 15) is 9.59 Å². The number of ether oxygens (including phenoxy) is 1. The van der Waals surface area contributed by atoms with Crippen LogP contribution in [0.2, 0.25) is 0 Å². The van der Waals surface area contributed by atoms with Crippen molar-refractivity contribution in [3.05, 3.63) is 54.1 Å². The summed E-state index contributed by atoms with van der Waals surface area (Å²) in [6.45, 7) is 4.63. The van der Waals surface area contributed by atoms with E-state index >= 15 is 0 Å². The quantitative estimate of drug-likeness (QED) is 0.811. The van der Waals surface area contributed by atoms with Gasteiger partial charge in [0.25, 0.3) is 5.91 Å². The van der Waals surface area contributed by atoms with Gasteiger partial charge in [0.2, 0.25) is 5.91 Å². The normalized spacial score (nSPS) is 14.2. The molecule has 0 spiro atoms. The number of carbonyl (C=O) groups is 2. The van der Waals surface area contributed by atoms with E-state index in [0.29, 0.717) is 44.9 Å². The van der Waals surface area contributed by atoms with Crippen LogP contribution in [0.1, 0.15) is 23.0 Å². The molecule has 1 aliphatic rings. The molecule has 1 fully saturated rings. The fourth-order valence-electron chi connectivity index (χ4n) is 2.89. The third-order valence-electron chi connectivity index (χ3n) is 4.29. The maximum atomic E-state index is 12.5. The zero-order valence-corrected chi connectivity index (χ0v) is 14.8. The summed E-state index contributed by atoms with van der Waals surface area (Å²) in [5, 5.41) is 0. The van der Waals surface area contributed by atoms with Crippen LogP contribution in [0.15, 0.2) is 42.9 Å². The van der Waals surface area contributed by atoms with E-state index in [1.807, 2.05) is 31.2 Å². The monoisotopic (exact) mass is 354 g/mol. The smallest absolute Gasteiger partial charge is 0.274 e. The lowest BCUT2D eigenvalue weighted by Gasteiger charge is -2.34. The summed E-state index contributed by atoms with van der Waals surface area (Å²) in [7, 11) is 0. The van der Waals surface area contributed by atoms with Crippen LogP contribution in [0.3, 0.4) is 0 Å². The number of carbonyl (C=O) groups excluding carboxylic acids is 2. The highest BCUT2D eigenvalue weighted by molar-refractivity contribution is 5.92. The highest BCUT2D eigenvalue weighted by Crippen LogP contribution is 2.14. The third-order valence-corrected chi connectivity index (χ3v) is 4.29. The van der Waals surface area contributed by atoms with Gasteiger partial charge < -0.3 is 14.5 Å². The number of rotatable bonds is 5. The first-order valence-electron chi connectivity index (χ1n) is 8.72. The molecule has 1 aliphatic heterocycles. The minimum absolute atomic E-state index is 0.0701. The largest absolute Gasteiger partial charge is 0.494 e. The van der Waals surface area contributed by atoms with Gasteiger partial charge >= 0.3 is 0 Å². The molecule has 0 N–H and O–H groups in total. The Morgan fingerprint density at radius 2 is 1.73 bits per heavy atom. The van der Waals surface area contributed by atoms with Gasteiger partial charge in [-0.2, -0.15) is 0 Å². The Balaban J connectivity index is 1.51. The molecular weight excluding hydrogens is 332 g/mol. The first-order valence-corrected chi connectivity index (χ1v) is 8.72. The fraction of sp³-hybridized carbons (Fsp3) is 0.368. The van der Waals surface area contributed by atoms with Crippen molar-refractivity contribution < 1.29 is 14.3 Å². The van der Waals surface area contributed by atoms with Gasteiger partial charge in [-0.3, -0.25) is 14.6 Å². The van der Waals surface area contributed by atoms with Gasteiger partial charge in [0.15, 0.2) is 0 Å². The fourth-order valence-corrected chi connectivity index (χ4v) is 2.89. The summed E-state index contributed by atoms with van der Waals surface area (Å²) < 4.78 is 5.41. The Morgan fingerprint density at radius 1 is 1.04 bits per heavy atom. The molecule has 2 amide bonds. The van der Waals surface area contributed by atoms with Gasteiger partial charge in [-0.1, -0.05) is 12.1 Å². The van der Waals surface area contributed by atoms with Gasteiger partial charge in [-0.15, -0.1) is 0 Å². The van der Waals surface area contributed by atoms with Crippen molar-refractivity contribution in [1.82, 2.24) is 19.8 Å². The van der Waals surface area contributed by atoms with E-state index < -0.39 is 0 Å². The van der Waals surface area contributed by atoms with E-state index in [1.165, 1.54) is 18.6 Å².